The third-order valence-electron chi connectivity index (χ3n) is 0.779. The van der Waals surface area contributed by atoms with Crippen LogP contribution in [0.1, 0.15) is 6.92 Å². The van der Waals surface area contributed by atoms with Crippen LogP contribution in [0.3, 0.4) is 0 Å². The Balaban J connectivity index is 2.56. The summed E-state index contributed by atoms with van der Waals surface area (Å²) >= 11 is 0. The first-order valence-electron chi connectivity index (χ1n) is 2.23. The molecule has 1 fully saturated rings. The molecule has 0 unspecified atom stereocenters. The van der Waals surface area contributed by atoms with E-state index in [1.54, 1.807) is 13.0 Å². The predicted octanol–water partition coefficient (Wildman–Crippen LogP) is 0.0921. The van der Waals surface area contributed by atoms with Crippen molar-refractivity contribution in [3.05, 3.63) is 11.9 Å². The van der Waals surface area contributed by atoms with Gasteiger partial charge in [-0.1, -0.05) is 0 Å². The van der Waals surface area contributed by atoms with Gasteiger partial charge in [0.1, 0.15) is 5.82 Å². The second-order valence-corrected chi connectivity index (χ2v) is 1.32. The minimum Gasteiger partial charge on any atom is -0.323 e. The van der Waals surface area contributed by atoms with E-state index in [2.05, 4.69) is 15.6 Å². The van der Waals surface area contributed by atoms with Gasteiger partial charge in [0.05, 0.1) is 0 Å². The Labute approximate surface area is 46.5 Å². The number of amides is 1. The molecule has 0 aromatic carbocycles. The first-order valence-corrected chi connectivity index (χ1v) is 2.23. The molecule has 4 heteroatoms. The van der Waals surface area contributed by atoms with Gasteiger partial charge in [0.15, 0.2) is 0 Å². The number of allylic oxidation sites excluding steroid dienone is 1. The highest BCUT2D eigenvalue weighted by Crippen LogP contribution is 1.91. The Hall–Kier alpha value is -1.19. The molecule has 8 heavy (non-hydrogen) atoms. The summed E-state index contributed by atoms with van der Waals surface area (Å²) in [4.78, 5) is 14.5. The highest BCUT2D eigenvalue weighted by molar-refractivity contribution is 5.71. The summed E-state index contributed by atoms with van der Waals surface area (Å²) < 4.78 is 0. The zero-order chi connectivity index (χ0) is 5.98. The van der Waals surface area contributed by atoms with Gasteiger partial charge in [-0.3, -0.25) is 5.32 Å². The fraction of sp³-hybridized carbons (Fsp3) is 0.250. The minimum atomic E-state index is -0.460. The molecule has 1 aliphatic rings. The van der Waals surface area contributed by atoms with Gasteiger partial charge in [0.2, 0.25) is 0 Å². The number of carbonyl (C=O) groups is 1. The van der Waals surface area contributed by atoms with Gasteiger partial charge in [0.25, 0.3) is 0 Å². The quantitative estimate of drug-likeness (QED) is 0.469. The summed E-state index contributed by atoms with van der Waals surface area (Å²) in [5.41, 5.74) is 2.36. The fourth-order valence-corrected chi connectivity index (χ4v) is 0.393. The Bertz CT molecular complexity index is 141. The van der Waals surface area contributed by atoms with Crippen LogP contribution < -0.4 is 10.8 Å². The van der Waals surface area contributed by atoms with Crippen molar-refractivity contribution in [1.82, 2.24) is 10.8 Å². The number of hydroxylamine groups is 1. The van der Waals surface area contributed by atoms with E-state index in [0.717, 1.165) is 0 Å². The lowest BCUT2D eigenvalue weighted by molar-refractivity contribution is 0.138. The second-order valence-electron chi connectivity index (χ2n) is 1.32. The maximum Gasteiger partial charge on any atom is 0.437 e. The largest absolute Gasteiger partial charge is 0.437 e. The van der Waals surface area contributed by atoms with E-state index in [9.17, 15) is 4.79 Å². The van der Waals surface area contributed by atoms with E-state index >= 15 is 0 Å². The van der Waals surface area contributed by atoms with Gasteiger partial charge in [-0.2, -0.15) is 0 Å². The maximum absolute atomic E-state index is 10.2. The molecule has 0 atom stereocenters. The molecule has 0 radical (unpaired) electrons. The third-order valence-corrected chi connectivity index (χ3v) is 0.779. The van der Waals surface area contributed by atoms with Crippen LogP contribution in [0.4, 0.5) is 4.79 Å². The van der Waals surface area contributed by atoms with Gasteiger partial charge < -0.3 is 4.84 Å². The van der Waals surface area contributed by atoms with Crippen LogP contribution in [0.5, 0.6) is 0 Å². The summed E-state index contributed by atoms with van der Waals surface area (Å²) in [5, 5.41) is 2.39. The van der Waals surface area contributed by atoms with Crippen molar-refractivity contribution in [1.29, 1.82) is 0 Å². The lowest BCUT2D eigenvalue weighted by atomic mass is 10.6. The molecule has 1 amide bonds. The van der Waals surface area contributed by atoms with Crippen LogP contribution in [0.15, 0.2) is 11.9 Å². The van der Waals surface area contributed by atoms with Crippen molar-refractivity contribution >= 4 is 6.09 Å². The van der Waals surface area contributed by atoms with E-state index in [1.807, 2.05) is 0 Å². The zero-order valence-corrected chi connectivity index (χ0v) is 4.39. The first-order chi connectivity index (χ1) is 3.83. The third kappa shape index (κ3) is 0.726. The molecule has 0 spiro atoms. The Kier molecular flexibility index (Phi) is 1.07. The molecule has 1 rings (SSSR count). The standard InChI is InChI=1S/C4H6N2O2/c1-2-3-5-4(7)8-6-3/h2,6H,1H3,(H,5,7). The van der Waals surface area contributed by atoms with Crippen LogP contribution in [0.2, 0.25) is 0 Å². The molecule has 4 nitrogen and oxygen atoms in total. The Morgan fingerprint density at radius 3 is 2.75 bits per heavy atom. The molecule has 0 saturated carbocycles. The number of hydrogen-bond acceptors (Lipinski definition) is 3. The van der Waals surface area contributed by atoms with Crippen molar-refractivity contribution in [3.63, 3.8) is 0 Å². The SMILES string of the molecule is CC=C1NOC(=O)N1. The maximum atomic E-state index is 10.2. The summed E-state index contributed by atoms with van der Waals surface area (Å²) in [6.07, 6.45) is 1.24. The monoisotopic (exact) mass is 114 g/mol. The number of rotatable bonds is 0. The van der Waals surface area contributed by atoms with Crippen molar-refractivity contribution in [2.75, 3.05) is 0 Å². The van der Waals surface area contributed by atoms with Crippen LogP contribution in [-0.2, 0) is 4.84 Å². The van der Waals surface area contributed by atoms with Crippen LogP contribution >= 0.6 is 0 Å². The molecular weight excluding hydrogens is 108 g/mol. The van der Waals surface area contributed by atoms with E-state index < -0.39 is 6.09 Å². The van der Waals surface area contributed by atoms with Gasteiger partial charge in [-0.25, -0.2) is 10.3 Å². The van der Waals surface area contributed by atoms with E-state index in [4.69, 9.17) is 0 Å². The summed E-state index contributed by atoms with van der Waals surface area (Å²) in [7, 11) is 0. The van der Waals surface area contributed by atoms with Gasteiger partial charge in [0, 0.05) is 0 Å². The molecule has 0 aliphatic carbocycles. The average Bonchev–Trinajstić information content (AvgIpc) is 2.14. The van der Waals surface area contributed by atoms with Gasteiger partial charge >= 0.3 is 6.09 Å². The van der Waals surface area contributed by atoms with Gasteiger partial charge in [-0.05, 0) is 13.0 Å². The number of nitrogens with one attached hydrogen (secondary N) is 2. The van der Waals surface area contributed by atoms with Crippen LogP contribution in [-0.4, -0.2) is 6.09 Å². The number of carbonyl (C=O) groups excluding carboxylic acids is 1. The topological polar surface area (TPSA) is 50.4 Å². The molecule has 0 bridgehead atoms. The van der Waals surface area contributed by atoms with Crippen molar-refractivity contribution in [2.45, 2.75) is 6.92 Å². The summed E-state index contributed by atoms with van der Waals surface area (Å²) in [6, 6.07) is 0. The highest BCUT2D eigenvalue weighted by atomic mass is 16.7. The van der Waals surface area contributed by atoms with Crippen LogP contribution in [0.25, 0.3) is 0 Å². The molecule has 2 N–H and O–H groups in total. The van der Waals surface area contributed by atoms with E-state index in [-0.39, 0.29) is 0 Å². The Morgan fingerprint density at radius 2 is 2.50 bits per heavy atom. The van der Waals surface area contributed by atoms with E-state index in [0.29, 0.717) is 5.82 Å². The van der Waals surface area contributed by atoms with Crippen molar-refractivity contribution in [3.8, 4) is 0 Å². The molecule has 0 aromatic rings. The average molecular weight is 114 g/mol. The van der Waals surface area contributed by atoms with E-state index in [1.165, 1.54) is 0 Å². The Morgan fingerprint density at radius 1 is 1.75 bits per heavy atom. The van der Waals surface area contributed by atoms with Crippen molar-refractivity contribution in [2.24, 2.45) is 0 Å². The molecule has 1 aliphatic heterocycles. The smallest absolute Gasteiger partial charge is 0.323 e. The predicted molar refractivity (Wildman–Crippen MR) is 26.5 cm³/mol. The number of hydrogen-bond donors (Lipinski definition) is 2. The second kappa shape index (κ2) is 1.73. The normalized spacial score (nSPS) is 22.1. The van der Waals surface area contributed by atoms with Crippen LogP contribution in [0, 0.1) is 0 Å². The first kappa shape index (κ1) is 4.96. The summed E-state index contributed by atoms with van der Waals surface area (Å²) in [5.74, 6) is 0.593. The molecule has 1 heterocycles. The molecule has 1 saturated heterocycles. The van der Waals surface area contributed by atoms with Crippen molar-refractivity contribution < 1.29 is 9.63 Å². The minimum absolute atomic E-state index is 0.460. The summed E-state index contributed by atoms with van der Waals surface area (Å²) in [6.45, 7) is 1.79. The fourth-order valence-electron chi connectivity index (χ4n) is 0.393. The molecule has 0 aromatic heterocycles. The highest BCUT2D eigenvalue weighted by Gasteiger charge is 2.12. The lowest BCUT2D eigenvalue weighted by Crippen LogP contribution is -2.11. The molecule has 44 valence electrons. The molecular formula is C4H6N2O2. The van der Waals surface area contributed by atoms with Gasteiger partial charge in [-0.15, -0.1) is 0 Å². The zero-order valence-electron chi connectivity index (χ0n) is 4.39. The lowest BCUT2D eigenvalue weighted by Gasteiger charge is -1.86.